The number of carbonyl (C=O) groups excluding carboxylic acids is 1. The number of hydrogen-bond donors (Lipinski definition) is 2. The molecule has 7 heteroatoms. The molecule has 1 heterocycles. The monoisotopic (exact) mass is 470 g/mol. The maximum Gasteiger partial charge on any atom is 0.263 e. The molecule has 0 aliphatic heterocycles. The highest BCUT2D eigenvalue weighted by molar-refractivity contribution is 6.27. The van der Waals surface area contributed by atoms with Gasteiger partial charge in [0, 0.05) is 28.7 Å². The summed E-state index contributed by atoms with van der Waals surface area (Å²) in [7, 11) is 0. The predicted molar refractivity (Wildman–Crippen MR) is 135 cm³/mol. The molecule has 1 aliphatic carbocycles. The van der Waals surface area contributed by atoms with Gasteiger partial charge in [0.05, 0.1) is 16.6 Å². The largest absolute Gasteiger partial charge is 0.508 e. The number of ether oxygens (including phenoxy) is 1. The lowest BCUT2D eigenvalue weighted by Gasteiger charge is -2.18. The molecule has 0 bridgehead atoms. The van der Waals surface area contributed by atoms with Gasteiger partial charge in [-0.2, -0.15) is 0 Å². The second kappa shape index (κ2) is 8.92. The van der Waals surface area contributed by atoms with Crippen molar-refractivity contribution in [3.05, 3.63) is 82.1 Å². The number of carbonyl (C=O) groups is 1. The topological polar surface area (TPSA) is 92.0 Å². The summed E-state index contributed by atoms with van der Waals surface area (Å²) >= 11 is 0. The third kappa shape index (κ3) is 3.84. The van der Waals surface area contributed by atoms with Crippen LogP contribution in [-0.4, -0.2) is 51.7 Å². The van der Waals surface area contributed by atoms with Gasteiger partial charge in [-0.25, -0.2) is 0 Å². The normalized spacial score (nSPS) is 12.3. The van der Waals surface area contributed by atoms with Crippen molar-refractivity contribution in [1.29, 1.82) is 0 Å². The number of ketones is 1. The van der Waals surface area contributed by atoms with Crippen LogP contribution in [0.3, 0.4) is 0 Å². The van der Waals surface area contributed by atoms with Gasteiger partial charge in [-0.05, 0) is 73.8 Å². The highest BCUT2D eigenvalue weighted by Crippen LogP contribution is 2.42. The van der Waals surface area contributed by atoms with Crippen molar-refractivity contribution in [2.45, 2.75) is 13.8 Å². The highest BCUT2D eigenvalue weighted by Gasteiger charge is 2.33. The SMILES string of the molecule is CCN(CC)CCOc1ccc(-n2c3c(c4ccc(O)cc4c2=O)C(=O)c2cc(O)ccc2-3)cc1. The summed E-state index contributed by atoms with van der Waals surface area (Å²) in [5.41, 5.74) is 1.99. The van der Waals surface area contributed by atoms with Crippen LogP contribution < -0.4 is 10.3 Å². The fourth-order valence-electron chi connectivity index (χ4n) is 4.70. The third-order valence-electron chi connectivity index (χ3n) is 6.56. The standard InChI is InChI=1S/C28H26N2O5/c1-3-29(4-2)13-14-35-20-9-5-17(6-10-20)30-26-22-12-8-18(31)15-23(22)27(33)25(26)21-11-7-19(32)16-24(21)28(30)34/h5-12,15-16,31-32H,3-4,13-14H2,1-2H3. The first-order chi connectivity index (χ1) is 16.9. The number of likely N-dealkylation sites (N-methyl/N-ethyl adjacent to an activating group) is 1. The summed E-state index contributed by atoms with van der Waals surface area (Å²) in [6.07, 6.45) is 0. The first-order valence-corrected chi connectivity index (χ1v) is 11.7. The average Bonchev–Trinajstić information content (AvgIpc) is 3.14. The van der Waals surface area contributed by atoms with E-state index in [9.17, 15) is 19.8 Å². The molecule has 5 rings (SSSR count). The summed E-state index contributed by atoms with van der Waals surface area (Å²) in [6.45, 7) is 7.52. The van der Waals surface area contributed by atoms with E-state index in [-0.39, 0.29) is 28.2 Å². The van der Waals surface area contributed by atoms with E-state index in [0.717, 1.165) is 19.6 Å². The molecule has 2 N–H and O–H groups in total. The van der Waals surface area contributed by atoms with Crippen molar-refractivity contribution in [2.24, 2.45) is 0 Å². The fraction of sp³-hybridized carbons (Fsp3) is 0.214. The molecule has 3 aromatic carbocycles. The Hall–Kier alpha value is -4.10. The van der Waals surface area contributed by atoms with Gasteiger partial charge in [-0.3, -0.25) is 14.2 Å². The molecule has 1 aromatic heterocycles. The first-order valence-electron chi connectivity index (χ1n) is 11.7. The molecule has 0 radical (unpaired) electrons. The molecule has 178 valence electrons. The van der Waals surface area contributed by atoms with Crippen molar-refractivity contribution >= 4 is 16.6 Å². The molecule has 35 heavy (non-hydrogen) atoms. The van der Waals surface area contributed by atoms with Gasteiger partial charge in [-0.15, -0.1) is 0 Å². The maximum absolute atomic E-state index is 13.7. The molecule has 0 spiro atoms. The zero-order chi connectivity index (χ0) is 24.7. The van der Waals surface area contributed by atoms with Crippen molar-refractivity contribution in [2.75, 3.05) is 26.2 Å². The summed E-state index contributed by atoms with van der Waals surface area (Å²) in [4.78, 5) is 29.3. The molecule has 0 saturated carbocycles. The summed E-state index contributed by atoms with van der Waals surface area (Å²) < 4.78 is 7.38. The van der Waals surface area contributed by atoms with Crippen LogP contribution in [0.15, 0.2) is 65.5 Å². The van der Waals surface area contributed by atoms with E-state index < -0.39 is 0 Å². The van der Waals surface area contributed by atoms with E-state index in [2.05, 4.69) is 18.7 Å². The number of hydrogen-bond acceptors (Lipinski definition) is 6. The van der Waals surface area contributed by atoms with E-state index in [0.29, 0.717) is 45.8 Å². The summed E-state index contributed by atoms with van der Waals surface area (Å²) in [5, 5.41) is 20.7. The van der Waals surface area contributed by atoms with Crippen molar-refractivity contribution < 1.29 is 19.7 Å². The van der Waals surface area contributed by atoms with Crippen LogP contribution >= 0.6 is 0 Å². The summed E-state index contributed by atoms with van der Waals surface area (Å²) in [6, 6.07) is 16.2. The number of fused-ring (bicyclic) bond motifs is 5. The minimum atomic E-state index is -0.349. The van der Waals surface area contributed by atoms with Crippen LogP contribution in [0.4, 0.5) is 0 Å². The van der Waals surface area contributed by atoms with Crippen LogP contribution in [0.25, 0.3) is 27.7 Å². The molecular formula is C28H26N2O5. The van der Waals surface area contributed by atoms with Gasteiger partial charge in [0.2, 0.25) is 0 Å². The van der Waals surface area contributed by atoms with E-state index in [1.807, 2.05) is 0 Å². The Balaban J connectivity index is 1.63. The number of rotatable bonds is 7. The fourth-order valence-corrected chi connectivity index (χ4v) is 4.70. The number of phenolic OH excluding ortho intramolecular Hbond substituents is 2. The molecular weight excluding hydrogens is 444 g/mol. The minimum Gasteiger partial charge on any atom is -0.508 e. The quantitative estimate of drug-likeness (QED) is 0.368. The second-order valence-electron chi connectivity index (χ2n) is 8.52. The predicted octanol–water partition coefficient (Wildman–Crippen LogP) is 4.33. The van der Waals surface area contributed by atoms with Gasteiger partial charge >= 0.3 is 0 Å². The van der Waals surface area contributed by atoms with Gasteiger partial charge in [0.25, 0.3) is 5.56 Å². The van der Waals surface area contributed by atoms with Gasteiger partial charge in [0.1, 0.15) is 23.9 Å². The van der Waals surface area contributed by atoms with Gasteiger partial charge in [-0.1, -0.05) is 13.8 Å². The van der Waals surface area contributed by atoms with Gasteiger partial charge < -0.3 is 19.8 Å². The number of benzene rings is 3. The molecule has 0 fully saturated rings. The number of phenols is 2. The number of aromatic nitrogens is 1. The zero-order valence-corrected chi connectivity index (χ0v) is 19.6. The van der Waals surface area contributed by atoms with Crippen LogP contribution in [0.2, 0.25) is 0 Å². The van der Waals surface area contributed by atoms with Crippen molar-refractivity contribution in [3.63, 3.8) is 0 Å². The number of aromatic hydroxyl groups is 2. The molecule has 0 saturated heterocycles. The van der Waals surface area contributed by atoms with E-state index >= 15 is 0 Å². The smallest absolute Gasteiger partial charge is 0.263 e. The highest BCUT2D eigenvalue weighted by atomic mass is 16.5. The Morgan fingerprint density at radius 1 is 0.829 bits per heavy atom. The van der Waals surface area contributed by atoms with Crippen molar-refractivity contribution in [3.8, 4) is 34.2 Å². The molecule has 7 nitrogen and oxygen atoms in total. The lowest BCUT2D eigenvalue weighted by Crippen LogP contribution is -2.27. The number of pyridine rings is 1. The van der Waals surface area contributed by atoms with Crippen LogP contribution in [0, 0.1) is 0 Å². The molecule has 4 aromatic rings. The number of nitrogens with zero attached hydrogens (tertiary/aromatic N) is 2. The average molecular weight is 471 g/mol. The second-order valence-corrected chi connectivity index (χ2v) is 8.52. The zero-order valence-electron chi connectivity index (χ0n) is 19.6. The Bertz CT molecular complexity index is 1500. The Morgan fingerprint density at radius 2 is 1.51 bits per heavy atom. The maximum atomic E-state index is 13.7. The van der Waals surface area contributed by atoms with Crippen LogP contribution in [-0.2, 0) is 0 Å². The first kappa shape index (κ1) is 22.7. The Kier molecular flexibility index (Phi) is 5.78. The lowest BCUT2D eigenvalue weighted by atomic mass is 10.0. The Labute approximate surface area is 202 Å². The molecule has 0 unspecified atom stereocenters. The molecule has 1 aliphatic rings. The van der Waals surface area contributed by atoms with E-state index in [1.54, 1.807) is 36.4 Å². The molecule has 0 amide bonds. The van der Waals surface area contributed by atoms with Crippen LogP contribution in [0.1, 0.15) is 29.8 Å². The Morgan fingerprint density at radius 3 is 2.23 bits per heavy atom. The van der Waals surface area contributed by atoms with E-state index in [1.165, 1.54) is 28.8 Å². The van der Waals surface area contributed by atoms with Gasteiger partial charge in [0.15, 0.2) is 5.78 Å². The minimum absolute atomic E-state index is 0.0213. The van der Waals surface area contributed by atoms with Crippen molar-refractivity contribution in [1.82, 2.24) is 9.47 Å². The van der Waals surface area contributed by atoms with E-state index in [4.69, 9.17) is 4.74 Å². The van der Waals surface area contributed by atoms with Crippen LogP contribution in [0.5, 0.6) is 17.2 Å². The lowest BCUT2D eigenvalue weighted by molar-refractivity contribution is 0.104. The molecule has 0 atom stereocenters. The third-order valence-corrected chi connectivity index (χ3v) is 6.56. The summed E-state index contributed by atoms with van der Waals surface area (Å²) in [5.74, 6) is 0.336.